The maximum atomic E-state index is 2.39. The number of rotatable bonds is 4. The molecule has 78 valence electrons. The minimum absolute atomic E-state index is 1.43. The summed E-state index contributed by atoms with van der Waals surface area (Å²) in [4.78, 5) is 0. The molecule has 1 aromatic carbocycles. The van der Waals surface area contributed by atoms with Gasteiger partial charge in [0.25, 0.3) is 0 Å². The van der Waals surface area contributed by atoms with E-state index in [0.29, 0.717) is 0 Å². The summed E-state index contributed by atoms with van der Waals surface area (Å²) in [5.74, 6) is 0. The Morgan fingerprint density at radius 2 is 1.43 bits per heavy atom. The van der Waals surface area contributed by atoms with Gasteiger partial charge < -0.3 is 0 Å². The van der Waals surface area contributed by atoms with Crippen molar-refractivity contribution in [1.82, 2.24) is 0 Å². The first kappa shape index (κ1) is 11.8. The molecule has 0 N–H and O–H groups in total. The van der Waals surface area contributed by atoms with E-state index in [1.54, 1.807) is 4.40 Å². The van der Waals surface area contributed by atoms with Crippen molar-refractivity contribution >= 4 is 17.7 Å². The Labute approximate surface area is 91.1 Å². The van der Waals surface area contributed by atoms with E-state index < -0.39 is 13.3 Å². The van der Waals surface area contributed by atoms with Crippen LogP contribution in [0.1, 0.15) is 26.3 Å². The van der Waals surface area contributed by atoms with Gasteiger partial charge in [0, 0.05) is 0 Å². The van der Waals surface area contributed by atoms with Crippen molar-refractivity contribution in [1.29, 1.82) is 0 Å². The third-order valence-corrected chi connectivity index (χ3v) is 15.8. The van der Waals surface area contributed by atoms with Crippen LogP contribution in [0.5, 0.6) is 0 Å². The Hall–Kier alpha value is -0.237. The molecule has 0 spiro atoms. The first-order chi connectivity index (χ1) is 6.70. The average molecular weight is 251 g/mol. The van der Waals surface area contributed by atoms with Crippen molar-refractivity contribution in [2.75, 3.05) is 0 Å². The molecule has 0 saturated heterocycles. The molecule has 0 aliphatic rings. The molecule has 0 aliphatic carbocycles. The average Bonchev–Trinajstić information content (AvgIpc) is 2.24. The molecular weight excluding hydrogens is 229 g/mol. The number of aryl methyl sites for hydroxylation is 1. The molecule has 1 aromatic rings. The van der Waals surface area contributed by atoms with Crippen molar-refractivity contribution in [3.05, 3.63) is 29.8 Å². The summed E-state index contributed by atoms with van der Waals surface area (Å²) in [6, 6.07) is 9.03. The topological polar surface area (TPSA) is 0 Å². The van der Waals surface area contributed by atoms with Gasteiger partial charge in [0.1, 0.15) is 0 Å². The Bertz CT molecular complexity index is 279. The molecule has 0 bridgehead atoms. The van der Waals surface area contributed by atoms with Gasteiger partial charge in [0.2, 0.25) is 0 Å². The Balaban J connectivity index is 3.17. The fourth-order valence-corrected chi connectivity index (χ4v) is 10.9. The van der Waals surface area contributed by atoms with Crippen molar-refractivity contribution in [2.45, 2.75) is 43.5 Å². The first-order valence-corrected chi connectivity index (χ1v) is 11.3. The number of hydrogen-bond donors (Lipinski definition) is 0. The second kappa shape index (κ2) is 5.02. The Kier molecular flexibility index (Phi) is 4.24. The molecule has 1 heteroatoms. The van der Waals surface area contributed by atoms with Gasteiger partial charge in [-0.2, -0.15) is 0 Å². The van der Waals surface area contributed by atoms with Gasteiger partial charge >= 0.3 is 90.9 Å². The minimum atomic E-state index is -1.68. The van der Waals surface area contributed by atoms with E-state index in [4.69, 9.17) is 0 Å². The van der Waals surface area contributed by atoms with E-state index >= 15 is 0 Å². The van der Waals surface area contributed by atoms with E-state index in [1.165, 1.54) is 21.3 Å². The maximum absolute atomic E-state index is 2.39. The molecule has 0 nitrogen and oxygen atoms in total. The van der Waals surface area contributed by atoms with Crippen LogP contribution in [0.4, 0.5) is 0 Å². The molecule has 0 fully saturated rings. The quantitative estimate of drug-likeness (QED) is 0.715. The van der Waals surface area contributed by atoms with E-state index in [1.807, 2.05) is 0 Å². The molecular formula is C13H22Ge. The molecule has 14 heavy (non-hydrogen) atoms. The summed E-state index contributed by atoms with van der Waals surface area (Å²) in [5.41, 5.74) is 1.53. The second-order valence-corrected chi connectivity index (χ2v) is 15.1. The predicted molar refractivity (Wildman–Crippen MR) is 68.0 cm³/mol. The van der Waals surface area contributed by atoms with Crippen molar-refractivity contribution in [3.63, 3.8) is 0 Å². The van der Waals surface area contributed by atoms with Crippen molar-refractivity contribution < 1.29 is 0 Å². The van der Waals surface area contributed by atoms with E-state index in [0.717, 1.165) is 0 Å². The molecule has 0 radical (unpaired) electrons. The summed E-state index contributed by atoms with van der Waals surface area (Å²) in [5, 5.41) is 4.29. The van der Waals surface area contributed by atoms with Gasteiger partial charge in [-0.3, -0.25) is 0 Å². The fourth-order valence-electron chi connectivity index (χ4n) is 2.49. The molecule has 0 aromatic heterocycles. The van der Waals surface area contributed by atoms with Crippen LogP contribution in [-0.4, -0.2) is 13.3 Å². The molecule has 0 heterocycles. The molecule has 1 rings (SSSR count). The zero-order valence-corrected chi connectivity index (χ0v) is 12.0. The van der Waals surface area contributed by atoms with E-state index in [-0.39, 0.29) is 0 Å². The van der Waals surface area contributed by atoms with Gasteiger partial charge in [0.05, 0.1) is 0 Å². The van der Waals surface area contributed by atoms with Crippen LogP contribution in [0.2, 0.25) is 15.8 Å². The first-order valence-electron chi connectivity index (χ1n) is 5.76. The van der Waals surface area contributed by atoms with Crippen LogP contribution in [-0.2, 0) is 0 Å². The third kappa shape index (κ3) is 2.05. The number of hydrogen-bond acceptors (Lipinski definition) is 0. The molecule has 0 aliphatic heterocycles. The molecule has 0 atom stereocenters. The van der Waals surface area contributed by atoms with Crippen molar-refractivity contribution in [3.8, 4) is 0 Å². The zero-order valence-electron chi connectivity index (χ0n) is 9.93. The summed E-state index contributed by atoms with van der Waals surface area (Å²) in [6.07, 6.45) is 0. The number of benzene rings is 1. The van der Waals surface area contributed by atoms with Crippen LogP contribution in [0.15, 0.2) is 24.3 Å². The second-order valence-electron chi connectivity index (χ2n) is 4.16. The Morgan fingerprint density at radius 1 is 0.929 bits per heavy atom. The standard InChI is InChI=1S/C13H22Ge/c1-5-14(6-2,7-3)13-11-9-8-10-12(13)4/h8-11H,5-7H2,1-4H3. The van der Waals surface area contributed by atoms with Gasteiger partial charge in [-0.05, 0) is 0 Å². The van der Waals surface area contributed by atoms with Crippen molar-refractivity contribution in [2.24, 2.45) is 0 Å². The zero-order chi connectivity index (χ0) is 10.6. The van der Waals surface area contributed by atoms with Crippen LogP contribution in [0.3, 0.4) is 0 Å². The Morgan fingerprint density at radius 3 is 1.86 bits per heavy atom. The third-order valence-electron chi connectivity index (χ3n) is 3.75. The predicted octanol–water partition coefficient (Wildman–Crippen LogP) is 3.71. The van der Waals surface area contributed by atoms with Crippen LogP contribution in [0.25, 0.3) is 0 Å². The van der Waals surface area contributed by atoms with Crippen LogP contribution in [0, 0.1) is 6.92 Å². The molecule has 0 saturated carbocycles. The van der Waals surface area contributed by atoms with Crippen LogP contribution < -0.4 is 4.40 Å². The summed E-state index contributed by atoms with van der Waals surface area (Å²) >= 11 is -1.68. The SMILES string of the molecule is C[CH2][Ge]([CH2]C)([CH2]C)[c]1ccccc1C. The van der Waals surface area contributed by atoms with E-state index in [2.05, 4.69) is 52.0 Å². The monoisotopic (exact) mass is 252 g/mol. The summed E-state index contributed by atoms with van der Waals surface area (Å²) in [6.45, 7) is 9.44. The van der Waals surface area contributed by atoms with E-state index in [9.17, 15) is 0 Å². The van der Waals surface area contributed by atoms with Crippen LogP contribution >= 0.6 is 0 Å². The van der Waals surface area contributed by atoms with Gasteiger partial charge in [-0.1, -0.05) is 0 Å². The molecule has 0 amide bonds. The van der Waals surface area contributed by atoms with Gasteiger partial charge in [0.15, 0.2) is 0 Å². The summed E-state index contributed by atoms with van der Waals surface area (Å²) in [7, 11) is 0. The van der Waals surface area contributed by atoms with Gasteiger partial charge in [-0.15, -0.1) is 0 Å². The molecule has 0 unspecified atom stereocenters. The summed E-state index contributed by atoms with van der Waals surface area (Å²) < 4.78 is 1.74. The fraction of sp³-hybridized carbons (Fsp3) is 0.538. The van der Waals surface area contributed by atoms with Gasteiger partial charge in [-0.25, -0.2) is 0 Å². The normalized spacial score (nSPS) is 11.7.